The van der Waals surface area contributed by atoms with Crippen molar-refractivity contribution >= 4 is 0 Å². The van der Waals surface area contributed by atoms with E-state index in [1.807, 2.05) is 17.9 Å². The first kappa shape index (κ1) is 10.6. The van der Waals surface area contributed by atoms with E-state index in [2.05, 4.69) is 35.4 Å². The second kappa shape index (κ2) is 3.94. The number of aryl methyl sites for hydroxylation is 1. The minimum Gasteiger partial charge on any atom is -0.309 e. The lowest BCUT2D eigenvalue weighted by molar-refractivity contribution is 0.148. The molecule has 4 nitrogen and oxygen atoms in total. The Morgan fingerprint density at radius 1 is 1.53 bits per heavy atom. The van der Waals surface area contributed by atoms with Crippen molar-refractivity contribution in [3.63, 3.8) is 0 Å². The molecule has 1 saturated heterocycles. The van der Waals surface area contributed by atoms with E-state index in [-0.39, 0.29) is 5.54 Å². The maximum atomic E-state index is 4.19. The molecule has 0 spiro atoms. The van der Waals surface area contributed by atoms with Crippen LogP contribution >= 0.6 is 0 Å². The van der Waals surface area contributed by atoms with Crippen LogP contribution in [0.2, 0.25) is 0 Å². The van der Waals surface area contributed by atoms with Crippen molar-refractivity contribution in [3.8, 4) is 0 Å². The summed E-state index contributed by atoms with van der Waals surface area (Å²) in [6.45, 7) is 8.82. The Kier molecular flexibility index (Phi) is 2.80. The highest BCUT2D eigenvalue weighted by Gasteiger charge is 2.25. The molecular weight excluding hydrogens is 188 g/mol. The maximum absolute atomic E-state index is 4.19. The minimum atomic E-state index is 0.237. The van der Waals surface area contributed by atoms with Crippen LogP contribution in [-0.2, 0) is 13.6 Å². The Bertz CT molecular complexity index is 329. The van der Waals surface area contributed by atoms with Gasteiger partial charge >= 0.3 is 0 Å². The van der Waals surface area contributed by atoms with Crippen LogP contribution in [0.1, 0.15) is 19.4 Å². The molecule has 1 aliphatic rings. The summed E-state index contributed by atoms with van der Waals surface area (Å²) in [6.07, 6.45) is 4.05. The second-order valence-corrected chi connectivity index (χ2v) is 5.04. The third kappa shape index (κ3) is 2.79. The Hall–Kier alpha value is -0.870. The molecule has 0 unspecified atom stereocenters. The summed E-state index contributed by atoms with van der Waals surface area (Å²) in [7, 11) is 1.96. The summed E-state index contributed by atoms with van der Waals surface area (Å²) in [4.78, 5) is 2.48. The van der Waals surface area contributed by atoms with Crippen molar-refractivity contribution in [3.05, 3.63) is 18.0 Å². The quantitative estimate of drug-likeness (QED) is 0.773. The molecule has 15 heavy (non-hydrogen) atoms. The summed E-state index contributed by atoms with van der Waals surface area (Å²) in [5.41, 5.74) is 1.54. The van der Waals surface area contributed by atoms with E-state index < -0.39 is 0 Å². The van der Waals surface area contributed by atoms with Gasteiger partial charge in [0.25, 0.3) is 0 Å². The van der Waals surface area contributed by atoms with Crippen LogP contribution in [0.3, 0.4) is 0 Å². The summed E-state index contributed by atoms with van der Waals surface area (Å²) < 4.78 is 1.86. The fraction of sp³-hybridized carbons (Fsp3) is 0.727. The number of hydrogen-bond acceptors (Lipinski definition) is 3. The molecule has 1 aromatic heterocycles. The second-order valence-electron chi connectivity index (χ2n) is 5.04. The Labute approximate surface area is 91.3 Å². The molecule has 84 valence electrons. The van der Waals surface area contributed by atoms with Crippen molar-refractivity contribution in [2.75, 3.05) is 19.6 Å². The van der Waals surface area contributed by atoms with Crippen LogP contribution in [0.15, 0.2) is 12.4 Å². The lowest BCUT2D eigenvalue weighted by atomic mass is 10.0. The molecule has 4 heteroatoms. The van der Waals surface area contributed by atoms with E-state index in [4.69, 9.17) is 0 Å². The molecule has 1 aromatic rings. The lowest BCUT2D eigenvalue weighted by Crippen LogP contribution is -2.56. The lowest BCUT2D eigenvalue weighted by Gasteiger charge is -2.38. The highest BCUT2D eigenvalue weighted by atomic mass is 15.3. The number of rotatable bonds is 2. The third-order valence-electron chi connectivity index (χ3n) is 2.82. The summed E-state index contributed by atoms with van der Waals surface area (Å²) in [6, 6.07) is 0. The molecular formula is C11H20N4. The number of aromatic nitrogens is 2. The zero-order chi connectivity index (χ0) is 10.9. The van der Waals surface area contributed by atoms with Crippen molar-refractivity contribution in [2.45, 2.75) is 25.9 Å². The van der Waals surface area contributed by atoms with Gasteiger partial charge < -0.3 is 5.32 Å². The van der Waals surface area contributed by atoms with Gasteiger partial charge in [0.15, 0.2) is 0 Å². The average Bonchev–Trinajstić information content (AvgIpc) is 2.49. The van der Waals surface area contributed by atoms with Gasteiger partial charge in [-0.25, -0.2) is 0 Å². The van der Waals surface area contributed by atoms with Gasteiger partial charge in [0.2, 0.25) is 0 Å². The SMILES string of the molecule is Cn1cc(CN2CCNC(C)(C)C2)cn1. The fourth-order valence-electron chi connectivity index (χ4n) is 2.19. The molecule has 2 heterocycles. The molecule has 0 saturated carbocycles. The van der Waals surface area contributed by atoms with Crippen molar-refractivity contribution in [2.24, 2.45) is 7.05 Å². The van der Waals surface area contributed by atoms with E-state index in [0.717, 1.165) is 26.2 Å². The molecule has 0 radical (unpaired) electrons. The van der Waals surface area contributed by atoms with Gasteiger partial charge in [0.1, 0.15) is 0 Å². The van der Waals surface area contributed by atoms with Crippen LogP contribution in [0, 0.1) is 0 Å². The van der Waals surface area contributed by atoms with Crippen LogP contribution in [0.5, 0.6) is 0 Å². The van der Waals surface area contributed by atoms with Gasteiger partial charge in [0, 0.05) is 50.5 Å². The van der Waals surface area contributed by atoms with Gasteiger partial charge in [-0.15, -0.1) is 0 Å². The fourth-order valence-corrected chi connectivity index (χ4v) is 2.19. The van der Waals surface area contributed by atoms with E-state index >= 15 is 0 Å². The zero-order valence-electron chi connectivity index (χ0n) is 9.82. The van der Waals surface area contributed by atoms with Crippen LogP contribution in [-0.4, -0.2) is 39.9 Å². The van der Waals surface area contributed by atoms with Crippen molar-refractivity contribution in [1.29, 1.82) is 0 Å². The molecule has 0 bridgehead atoms. The number of hydrogen-bond donors (Lipinski definition) is 1. The average molecular weight is 208 g/mol. The van der Waals surface area contributed by atoms with Gasteiger partial charge in [-0.1, -0.05) is 0 Å². The Morgan fingerprint density at radius 3 is 2.93 bits per heavy atom. The zero-order valence-corrected chi connectivity index (χ0v) is 9.82. The summed E-state index contributed by atoms with van der Waals surface area (Å²) in [5, 5.41) is 7.71. The predicted octanol–water partition coefficient (Wildman–Crippen LogP) is 0.604. The van der Waals surface area contributed by atoms with E-state index in [9.17, 15) is 0 Å². The normalized spacial score (nSPS) is 21.8. The first-order valence-electron chi connectivity index (χ1n) is 5.50. The third-order valence-corrected chi connectivity index (χ3v) is 2.82. The monoisotopic (exact) mass is 208 g/mol. The van der Waals surface area contributed by atoms with Crippen molar-refractivity contribution in [1.82, 2.24) is 20.0 Å². The standard InChI is InChI=1S/C11H20N4/c1-11(2)9-15(5-4-12-11)8-10-6-13-14(3)7-10/h6-7,12H,4-5,8-9H2,1-3H3. The Morgan fingerprint density at radius 2 is 2.33 bits per heavy atom. The molecule has 0 aromatic carbocycles. The first-order valence-corrected chi connectivity index (χ1v) is 5.50. The molecule has 0 amide bonds. The molecule has 1 aliphatic heterocycles. The summed E-state index contributed by atoms with van der Waals surface area (Å²) in [5.74, 6) is 0. The number of piperazine rings is 1. The molecule has 0 atom stereocenters. The van der Waals surface area contributed by atoms with Crippen LogP contribution in [0.4, 0.5) is 0 Å². The van der Waals surface area contributed by atoms with Crippen molar-refractivity contribution < 1.29 is 0 Å². The minimum absolute atomic E-state index is 0.237. The van der Waals surface area contributed by atoms with E-state index in [1.165, 1.54) is 5.56 Å². The topological polar surface area (TPSA) is 33.1 Å². The maximum Gasteiger partial charge on any atom is 0.0534 e. The Balaban J connectivity index is 1.95. The first-order chi connectivity index (χ1) is 7.05. The van der Waals surface area contributed by atoms with Crippen LogP contribution < -0.4 is 5.32 Å². The van der Waals surface area contributed by atoms with Gasteiger partial charge in [-0.3, -0.25) is 9.58 Å². The highest BCUT2D eigenvalue weighted by Crippen LogP contribution is 2.12. The van der Waals surface area contributed by atoms with Gasteiger partial charge in [0.05, 0.1) is 6.20 Å². The van der Waals surface area contributed by atoms with Crippen LogP contribution in [0.25, 0.3) is 0 Å². The largest absolute Gasteiger partial charge is 0.309 e. The smallest absolute Gasteiger partial charge is 0.0534 e. The molecule has 1 fully saturated rings. The molecule has 2 rings (SSSR count). The number of nitrogens with one attached hydrogen (secondary N) is 1. The van der Waals surface area contributed by atoms with E-state index in [1.54, 1.807) is 0 Å². The van der Waals surface area contributed by atoms with Gasteiger partial charge in [-0.05, 0) is 13.8 Å². The highest BCUT2D eigenvalue weighted by molar-refractivity contribution is 5.04. The van der Waals surface area contributed by atoms with Gasteiger partial charge in [-0.2, -0.15) is 5.10 Å². The number of nitrogens with zero attached hydrogens (tertiary/aromatic N) is 3. The molecule has 0 aliphatic carbocycles. The summed E-state index contributed by atoms with van der Waals surface area (Å²) >= 11 is 0. The van der Waals surface area contributed by atoms with E-state index in [0.29, 0.717) is 0 Å². The molecule has 1 N–H and O–H groups in total. The predicted molar refractivity (Wildman–Crippen MR) is 60.6 cm³/mol.